The normalized spacial score (nSPS) is 16.2. The summed E-state index contributed by atoms with van der Waals surface area (Å²) in [5.74, 6) is 0.305. The second kappa shape index (κ2) is 12.1. The summed E-state index contributed by atoms with van der Waals surface area (Å²) in [4.78, 5) is 21.1. The monoisotopic (exact) mass is 570 g/mol. The van der Waals surface area contributed by atoms with Gasteiger partial charge in [-0.2, -0.15) is 4.98 Å². The predicted octanol–water partition coefficient (Wildman–Crippen LogP) is 4.42. The van der Waals surface area contributed by atoms with Gasteiger partial charge in [0, 0.05) is 17.7 Å². The van der Waals surface area contributed by atoms with Gasteiger partial charge in [-0.15, -0.1) is 3.71 Å². The van der Waals surface area contributed by atoms with Crippen molar-refractivity contribution in [1.82, 2.24) is 15.1 Å². The van der Waals surface area contributed by atoms with E-state index in [1.165, 1.54) is 50.4 Å². The lowest BCUT2D eigenvalue weighted by atomic mass is 9.84. The van der Waals surface area contributed by atoms with Crippen molar-refractivity contribution in [3.63, 3.8) is 0 Å². The summed E-state index contributed by atoms with van der Waals surface area (Å²) in [6.07, 6.45) is 12.0. The maximum atomic E-state index is 12.6. The first-order chi connectivity index (χ1) is 17.6. The Morgan fingerprint density at radius 2 is 1.76 bits per heavy atom. The number of nitrogens with zero attached hydrogens (tertiary/aromatic N) is 4. The van der Waals surface area contributed by atoms with E-state index in [-0.39, 0.29) is 33.7 Å². The van der Waals surface area contributed by atoms with Crippen LogP contribution in [0, 0.1) is 5.92 Å². The van der Waals surface area contributed by atoms with Crippen molar-refractivity contribution < 1.29 is 30.9 Å². The number of carbonyl (C=O) groups excluding carboxylic acids is 1. The summed E-state index contributed by atoms with van der Waals surface area (Å²) < 4.78 is 59.3. The Kier molecular flexibility index (Phi) is 9.56. The lowest BCUT2D eigenvalue weighted by Crippen LogP contribution is -2.35. The van der Waals surface area contributed by atoms with Crippen molar-refractivity contribution in [3.8, 4) is 11.4 Å². The van der Waals surface area contributed by atoms with Crippen LogP contribution >= 0.6 is 0 Å². The van der Waals surface area contributed by atoms with Crippen LogP contribution in [0.4, 0.5) is 5.82 Å². The molecular weight excluding hydrogens is 532 g/mol. The zero-order chi connectivity index (χ0) is 28.1. The van der Waals surface area contributed by atoms with Crippen LogP contribution in [0.25, 0.3) is 11.4 Å². The molecular formula is C25H38N4O7S2. The van der Waals surface area contributed by atoms with Crippen molar-refractivity contribution >= 4 is 31.8 Å². The van der Waals surface area contributed by atoms with Crippen molar-refractivity contribution in [2.45, 2.75) is 90.1 Å². The van der Waals surface area contributed by atoms with Crippen LogP contribution in [0.3, 0.4) is 0 Å². The molecule has 1 aliphatic rings. The molecule has 2 aromatic rings. The second-order valence-corrected chi connectivity index (χ2v) is 14.9. The van der Waals surface area contributed by atoms with E-state index >= 15 is 0 Å². The summed E-state index contributed by atoms with van der Waals surface area (Å²) in [5.41, 5.74) is -0.202. The molecule has 0 radical (unpaired) electrons. The van der Waals surface area contributed by atoms with Crippen LogP contribution in [-0.2, 0) is 29.6 Å². The topological polar surface area (TPSA) is 150 Å². The molecule has 1 fully saturated rings. The molecule has 0 unspecified atom stereocenters. The van der Waals surface area contributed by atoms with Gasteiger partial charge in [-0.1, -0.05) is 50.1 Å². The van der Waals surface area contributed by atoms with Crippen LogP contribution < -0.4 is 3.71 Å². The number of esters is 1. The van der Waals surface area contributed by atoms with E-state index in [4.69, 9.17) is 9.26 Å². The van der Waals surface area contributed by atoms with Crippen molar-refractivity contribution in [1.29, 1.82) is 0 Å². The summed E-state index contributed by atoms with van der Waals surface area (Å²) in [5, 5.41) is 4.03. The van der Waals surface area contributed by atoms with Crippen LogP contribution in [0.1, 0.15) is 90.4 Å². The van der Waals surface area contributed by atoms with Gasteiger partial charge in [0.05, 0.1) is 18.9 Å². The number of sulfonamides is 2. The Balaban J connectivity index is 1.78. The number of ether oxygens (including phenoxy) is 1. The van der Waals surface area contributed by atoms with Crippen LogP contribution in [0.5, 0.6) is 0 Å². The average Bonchev–Trinajstić information content (AvgIpc) is 3.27. The molecule has 38 heavy (non-hydrogen) atoms. The molecule has 1 saturated carbocycles. The Bertz CT molecular complexity index is 1260. The Morgan fingerprint density at radius 3 is 2.32 bits per heavy atom. The molecule has 13 heteroatoms. The average molecular weight is 571 g/mol. The molecule has 0 bridgehead atoms. The molecule has 11 nitrogen and oxygen atoms in total. The first-order valence-corrected chi connectivity index (χ1v) is 16.6. The van der Waals surface area contributed by atoms with E-state index in [0.717, 1.165) is 25.4 Å². The standard InChI is InChI=1S/C25H38N4O7S2/c1-25(2,3)35-22(30)16-19(13-9-12-18-10-7-6-8-11-18)24-27-23(28-36-24)20-14-15-21(26-17-20)29(37(4,31)32)38(5,33)34/h14-15,17-19H,6-13,16H2,1-5H3/t19-/m1/s1. The first kappa shape index (κ1) is 30.0. The Morgan fingerprint density at radius 1 is 1.11 bits per heavy atom. The first-order valence-electron chi connectivity index (χ1n) is 12.9. The van der Waals surface area contributed by atoms with Gasteiger partial charge in [-0.25, -0.2) is 21.8 Å². The summed E-state index contributed by atoms with van der Waals surface area (Å²) in [6, 6.07) is 2.72. The van der Waals surface area contributed by atoms with Gasteiger partial charge in [-0.3, -0.25) is 4.79 Å². The number of hydrogen-bond donors (Lipinski definition) is 0. The molecule has 0 aromatic carbocycles. The molecule has 0 aliphatic heterocycles. The number of anilines is 1. The fourth-order valence-corrected chi connectivity index (χ4v) is 7.62. The molecule has 1 aliphatic carbocycles. The van der Waals surface area contributed by atoms with E-state index in [9.17, 15) is 21.6 Å². The van der Waals surface area contributed by atoms with Gasteiger partial charge in [0.2, 0.25) is 31.8 Å². The minimum absolute atomic E-state index is 0.110. The smallest absolute Gasteiger partial charge is 0.307 e. The van der Waals surface area contributed by atoms with Crippen LogP contribution in [0.2, 0.25) is 0 Å². The number of pyridine rings is 1. The summed E-state index contributed by atoms with van der Waals surface area (Å²) >= 11 is 0. The Hall–Kier alpha value is -2.54. The highest BCUT2D eigenvalue weighted by Gasteiger charge is 2.29. The van der Waals surface area contributed by atoms with Gasteiger partial charge in [0.1, 0.15) is 5.60 Å². The van der Waals surface area contributed by atoms with E-state index in [1.807, 2.05) is 20.8 Å². The summed E-state index contributed by atoms with van der Waals surface area (Å²) in [7, 11) is -8.23. The van der Waals surface area contributed by atoms with E-state index in [1.54, 1.807) is 0 Å². The quantitative estimate of drug-likeness (QED) is 0.355. The molecule has 2 aromatic heterocycles. The fourth-order valence-electron chi connectivity index (χ4n) is 4.76. The van der Waals surface area contributed by atoms with Crippen LogP contribution in [0.15, 0.2) is 22.9 Å². The van der Waals surface area contributed by atoms with Gasteiger partial charge in [0.15, 0.2) is 5.82 Å². The maximum Gasteiger partial charge on any atom is 0.307 e. The van der Waals surface area contributed by atoms with Crippen molar-refractivity contribution in [2.24, 2.45) is 5.92 Å². The molecule has 0 saturated heterocycles. The highest BCUT2D eigenvalue weighted by atomic mass is 32.3. The highest BCUT2D eigenvalue weighted by Crippen LogP contribution is 2.32. The lowest BCUT2D eigenvalue weighted by Gasteiger charge is -2.23. The highest BCUT2D eigenvalue weighted by molar-refractivity contribution is 8.09. The molecule has 1 atom stereocenters. The number of hydrogen-bond acceptors (Lipinski definition) is 10. The predicted molar refractivity (Wildman–Crippen MR) is 143 cm³/mol. The lowest BCUT2D eigenvalue weighted by molar-refractivity contribution is -0.155. The zero-order valence-corrected chi connectivity index (χ0v) is 24.3. The molecule has 0 N–H and O–H groups in total. The van der Waals surface area contributed by atoms with E-state index < -0.39 is 25.6 Å². The zero-order valence-electron chi connectivity index (χ0n) is 22.7. The number of carbonyl (C=O) groups is 1. The number of rotatable bonds is 11. The summed E-state index contributed by atoms with van der Waals surface area (Å²) in [6.45, 7) is 5.46. The molecule has 0 amide bonds. The van der Waals surface area contributed by atoms with Crippen molar-refractivity contribution in [2.75, 3.05) is 16.2 Å². The molecule has 2 heterocycles. The molecule has 3 rings (SSSR count). The number of aromatic nitrogens is 3. The molecule has 212 valence electrons. The fraction of sp³-hybridized carbons (Fsp3) is 0.680. The third-order valence-electron chi connectivity index (χ3n) is 6.31. The Labute approximate surface area is 225 Å². The van der Waals surface area contributed by atoms with Crippen molar-refractivity contribution in [3.05, 3.63) is 24.2 Å². The third kappa shape index (κ3) is 8.75. The minimum atomic E-state index is -4.11. The SMILES string of the molecule is CC(C)(C)OC(=O)C[C@@H](CCCC1CCCCC1)c1nc(-c2ccc(N(S(C)(=O)=O)S(C)(=O)=O)nc2)no1. The van der Waals surface area contributed by atoms with E-state index in [2.05, 4.69) is 15.1 Å². The minimum Gasteiger partial charge on any atom is -0.460 e. The van der Waals surface area contributed by atoms with Gasteiger partial charge >= 0.3 is 5.97 Å². The van der Waals surface area contributed by atoms with E-state index in [0.29, 0.717) is 23.8 Å². The van der Waals surface area contributed by atoms with Gasteiger partial charge in [0.25, 0.3) is 0 Å². The van der Waals surface area contributed by atoms with Gasteiger partial charge < -0.3 is 9.26 Å². The van der Waals surface area contributed by atoms with Gasteiger partial charge in [-0.05, 0) is 45.2 Å². The van der Waals surface area contributed by atoms with Crippen LogP contribution in [-0.4, -0.2) is 56.0 Å². The maximum absolute atomic E-state index is 12.6. The third-order valence-corrected chi connectivity index (χ3v) is 9.51. The molecule has 0 spiro atoms. The second-order valence-electron chi connectivity index (χ2n) is 11.0. The largest absolute Gasteiger partial charge is 0.460 e.